The second kappa shape index (κ2) is 4.74. The van der Waals surface area contributed by atoms with E-state index in [-0.39, 0.29) is 4.62 Å². The van der Waals surface area contributed by atoms with Crippen LogP contribution in [0.2, 0.25) is 9.88 Å². The molecule has 0 atom stereocenters. The van der Waals surface area contributed by atoms with Gasteiger partial charge in [0.2, 0.25) is 0 Å². The van der Waals surface area contributed by atoms with Gasteiger partial charge in [-0.3, -0.25) is 0 Å². The van der Waals surface area contributed by atoms with E-state index in [1.54, 1.807) is 0 Å². The van der Waals surface area contributed by atoms with Crippen LogP contribution >= 0.6 is 0 Å². The standard InChI is InChI=1S/C6H5.C2H2F3O.2CH3.Sn/c1-2-4-6-5-3-1;1-6-2(3,4)5;;;/h1-5H;1H2;2*1H3;. The molecule has 0 radical (unpaired) electrons. The van der Waals surface area contributed by atoms with Gasteiger partial charge < -0.3 is 0 Å². The van der Waals surface area contributed by atoms with Gasteiger partial charge in [0.25, 0.3) is 0 Å². The van der Waals surface area contributed by atoms with E-state index in [1.807, 2.05) is 40.2 Å². The number of hydrogen-bond donors (Lipinski definition) is 0. The van der Waals surface area contributed by atoms with Crippen molar-refractivity contribution in [2.24, 2.45) is 0 Å². The Balaban J connectivity index is 2.68. The number of benzene rings is 1. The first-order chi connectivity index (χ1) is 6.81. The number of halogens is 3. The van der Waals surface area contributed by atoms with Gasteiger partial charge in [-0.1, -0.05) is 0 Å². The monoisotopic (exact) mass is 326 g/mol. The number of hydrogen-bond acceptors (Lipinski definition) is 1. The molecule has 0 bridgehead atoms. The van der Waals surface area contributed by atoms with E-state index < -0.39 is 24.7 Å². The summed E-state index contributed by atoms with van der Waals surface area (Å²) in [6, 6.07) is 9.32. The zero-order chi connectivity index (χ0) is 11.5. The molecule has 5 heteroatoms. The normalized spacial score (nSPS) is 12.9. The van der Waals surface area contributed by atoms with Crippen LogP contribution in [0.25, 0.3) is 0 Å². The zero-order valence-corrected chi connectivity index (χ0v) is 11.5. The second-order valence-electron chi connectivity index (χ2n) is 3.98. The van der Waals surface area contributed by atoms with Gasteiger partial charge in [-0.25, -0.2) is 0 Å². The minimum atomic E-state index is -4.51. The molecular formula is C10H13F3OSn. The summed E-state index contributed by atoms with van der Waals surface area (Å²) in [5.74, 6) is 0. The fourth-order valence-electron chi connectivity index (χ4n) is 1.23. The van der Waals surface area contributed by atoms with Crippen LogP contribution in [0.5, 0.6) is 0 Å². The quantitative estimate of drug-likeness (QED) is 0.777. The van der Waals surface area contributed by atoms with Crippen molar-refractivity contribution in [1.29, 1.82) is 0 Å². The molecule has 1 aromatic rings. The summed E-state index contributed by atoms with van der Waals surface area (Å²) in [5, 5.41) is 0. The Labute approximate surface area is 91.1 Å². The van der Waals surface area contributed by atoms with Crippen molar-refractivity contribution in [2.45, 2.75) is 16.2 Å². The van der Waals surface area contributed by atoms with Crippen molar-refractivity contribution in [2.75, 3.05) is 4.62 Å². The molecule has 1 rings (SSSR count). The Morgan fingerprint density at radius 3 is 2.13 bits per heavy atom. The average Bonchev–Trinajstić information content (AvgIpc) is 2.16. The van der Waals surface area contributed by atoms with Gasteiger partial charge in [0.15, 0.2) is 0 Å². The Morgan fingerprint density at radius 1 is 1.13 bits per heavy atom. The van der Waals surface area contributed by atoms with Crippen LogP contribution in [-0.2, 0) is 4.74 Å². The van der Waals surface area contributed by atoms with E-state index in [4.69, 9.17) is 0 Å². The molecule has 1 aromatic carbocycles. The van der Waals surface area contributed by atoms with Crippen molar-refractivity contribution < 1.29 is 17.9 Å². The fourth-order valence-corrected chi connectivity index (χ4v) is 6.33. The Bertz CT molecular complexity index is 308. The Hall–Kier alpha value is -0.231. The molecule has 84 valence electrons. The predicted molar refractivity (Wildman–Crippen MR) is 55.6 cm³/mol. The van der Waals surface area contributed by atoms with Crippen molar-refractivity contribution >= 4 is 22.0 Å². The molecule has 1 nitrogen and oxygen atoms in total. The third-order valence-corrected chi connectivity index (χ3v) is 10.0. The molecule has 0 unspecified atom stereocenters. The van der Waals surface area contributed by atoms with E-state index in [2.05, 4.69) is 4.74 Å². The minimum absolute atomic E-state index is 0.164. The van der Waals surface area contributed by atoms with Crippen LogP contribution in [0.15, 0.2) is 30.3 Å². The summed E-state index contributed by atoms with van der Waals surface area (Å²) in [6.45, 7) is 0. The average molecular weight is 325 g/mol. The SMILES string of the molecule is [CH3][Sn]([CH3])([CH2]OC(F)(F)F)[c]1ccccc1. The van der Waals surface area contributed by atoms with Crippen LogP contribution in [0.3, 0.4) is 0 Å². The number of rotatable bonds is 3. The summed E-state index contributed by atoms with van der Waals surface area (Å²) in [4.78, 5) is 3.85. The molecule has 0 heterocycles. The predicted octanol–water partition coefficient (Wildman–Crippen LogP) is 2.68. The Morgan fingerprint density at radius 2 is 1.67 bits per heavy atom. The molecule has 0 N–H and O–H groups in total. The molecule has 0 saturated heterocycles. The number of ether oxygens (including phenoxy) is 1. The van der Waals surface area contributed by atoms with Gasteiger partial charge in [0.05, 0.1) is 0 Å². The molecule has 0 spiro atoms. The molecule has 0 fully saturated rings. The topological polar surface area (TPSA) is 9.23 Å². The van der Waals surface area contributed by atoms with Crippen LogP contribution in [0.1, 0.15) is 0 Å². The molecule has 0 aromatic heterocycles. The molecule has 0 aliphatic carbocycles. The van der Waals surface area contributed by atoms with Crippen LogP contribution in [-0.4, -0.2) is 29.4 Å². The van der Waals surface area contributed by atoms with Gasteiger partial charge in [0.1, 0.15) is 0 Å². The summed E-state index contributed by atoms with van der Waals surface area (Å²) in [6.07, 6.45) is -4.51. The second-order valence-corrected chi connectivity index (χ2v) is 17.2. The fraction of sp³-hybridized carbons (Fsp3) is 0.400. The third-order valence-electron chi connectivity index (χ3n) is 2.15. The first kappa shape index (κ1) is 12.8. The van der Waals surface area contributed by atoms with E-state index in [1.165, 1.54) is 0 Å². The van der Waals surface area contributed by atoms with E-state index in [9.17, 15) is 13.2 Å². The molecule has 0 aliphatic rings. The van der Waals surface area contributed by atoms with Crippen molar-refractivity contribution in [1.82, 2.24) is 0 Å². The number of alkyl halides is 3. The molecular weight excluding hydrogens is 312 g/mol. The molecule has 0 aliphatic heterocycles. The van der Waals surface area contributed by atoms with Crippen molar-refractivity contribution in [3.63, 3.8) is 0 Å². The van der Waals surface area contributed by atoms with Crippen molar-refractivity contribution in [3.05, 3.63) is 30.3 Å². The van der Waals surface area contributed by atoms with Crippen LogP contribution in [0.4, 0.5) is 13.2 Å². The maximum absolute atomic E-state index is 11.9. The summed E-state index contributed by atoms with van der Waals surface area (Å²) >= 11 is -2.89. The molecule has 0 saturated carbocycles. The van der Waals surface area contributed by atoms with E-state index in [0.717, 1.165) is 3.58 Å². The van der Waals surface area contributed by atoms with E-state index >= 15 is 0 Å². The van der Waals surface area contributed by atoms with Gasteiger partial charge >= 0.3 is 91.1 Å². The van der Waals surface area contributed by atoms with Crippen LogP contribution in [0, 0.1) is 0 Å². The summed E-state index contributed by atoms with van der Waals surface area (Å²) < 4.78 is 40.6. The first-order valence-electron chi connectivity index (χ1n) is 4.57. The van der Waals surface area contributed by atoms with Gasteiger partial charge in [-0.2, -0.15) is 0 Å². The zero-order valence-electron chi connectivity index (χ0n) is 8.64. The first-order valence-corrected chi connectivity index (χ1v) is 13.7. The molecule has 15 heavy (non-hydrogen) atoms. The van der Waals surface area contributed by atoms with Gasteiger partial charge in [0, 0.05) is 0 Å². The van der Waals surface area contributed by atoms with Crippen LogP contribution < -0.4 is 3.58 Å². The summed E-state index contributed by atoms with van der Waals surface area (Å²) in [5.41, 5.74) is 0. The van der Waals surface area contributed by atoms with Gasteiger partial charge in [-0.15, -0.1) is 0 Å². The van der Waals surface area contributed by atoms with Gasteiger partial charge in [-0.05, 0) is 0 Å². The third kappa shape index (κ3) is 4.42. The van der Waals surface area contributed by atoms with Crippen molar-refractivity contribution in [3.8, 4) is 0 Å². The summed E-state index contributed by atoms with van der Waals surface area (Å²) in [7, 11) is 0. The van der Waals surface area contributed by atoms with E-state index in [0.29, 0.717) is 0 Å². The maximum atomic E-state index is 11.9. The molecule has 0 amide bonds. The Kier molecular flexibility index (Phi) is 4.05.